The molecule has 0 aliphatic rings. The summed E-state index contributed by atoms with van der Waals surface area (Å²) in [5.41, 5.74) is 0.0980. The van der Waals surface area contributed by atoms with Crippen molar-refractivity contribution in [3.63, 3.8) is 0 Å². The first kappa shape index (κ1) is 15.2. The van der Waals surface area contributed by atoms with Crippen LogP contribution in [0.25, 0.3) is 0 Å². The molecule has 7 nitrogen and oxygen atoms in total. The zero-order valence-corrected chi connectivity index (χ0v) is 12.1. The van der Waals surface area contributed by atoms with Crippen molar-refractivity contribution in [3.05, 3.63) is 52.3 Å². The normalized spacial score (nSPS) is 12.9. The number of nitrogens with one attached hydrogen (secondary N) is 2. The monoisotopic (exact) mass is 309 g/mol. The van der Waals surface area contributed by atoms with Crippen molar-refractivity contribution in [2.75, 3.05) is 4.72 Å². The van der Waals surface area contributed by atoms with Crippen molar-refractivity contribution >= 4 is 15.8 Å². The molecule has 0 fully saturated rings. The van der Waals surface area contributed by atoms with Gasteiger partial charge in [-0.25, -0.2) is 13.5 Å². The summed E-state index contributed by atoms with van der Waals surface area (Å²) in [4.78, 5) is 10.9. The van der Waals surface area contributed by atoms with Gasteiger partial charge in [0.2, 0.25) is 0 Å². The van der Waals surface area contributed by atoms with Crippen LogP contribution >= 0.6 is 0 Å². The first-order valence-corrected chi connectivity index (χ1v) is 7.77. The number of nitrogens with zero attached hydrogens (tertiary/aromatic N) is 1. The Morgan fingerprint density at radius 3 is 2.71 bits per heavy atom. The van der Waals surface area contributed by atoms with Crippen LogP contribution in [-0.2, 0) is 10.0 Å². The molecule has 0 aliphatic heterocycles. The zero-order chi connectivity index (χ0) is 15.5. The van der Waals surface area contributed by atoms with E-state index in [1.165, 1.54) is 24.3 Å². The van der Waals surface area contributed by atoms with Crippen molar-refractivity contribution in [2.45, 2.75) is 24.3 Å². The second-order valence-electron chi connectivity index (χ2n) is 4.41. The van der Waals surface area contributed by atoms with E-state index in [9.17, 15) is 18.3 Å². The molecule has 1 atom stereocenters. The fraction of sp³-hybridized carbons (Fsp3) is 0.231. The van der Waals surface area contributed by atoms with Crippen LogP contribution in [0.3, 0.4) is 0 Å². The van der Waals surface area contributed by atoms with Crippen molar-refractivity contribution in [1.82, 2.24) is 10.2 Å². The molecule has 0 aliphatic carbocycles. The molecule has 0 spiro atoms. The van der Waals surface area contributed by atoms with Crippen molar-refractivity contribution < 1.29 is 13.5 Å². The highest BCUT2D eigenvalue weighted by molar-refractivity contribution is 7.92. The molecule has 0 radical (unpaired) electrons. The number of aliphatic hydroxyl groups is 1. The van der Waals surface area contributed by atoms with E-state index >= 15 is 0 Å². The van der Waals surface area contributed by atoms with Gasteiger partial charge >= 0.3 is 0 Å². The predicted molar refractivity (Wildman–Crippen MR) is 77.4 cm³/mol. The van der Waals surface area contributed by atoms with Gasteiger partial charge in [0, 0.05) is 6.07 Å². The minimum atomic E-state index is -3.84. The van der Waals surface area contributed by atoms with Crippen LogP contribution in [0.4, 0.5) is 5.82 Å². The van der Waals surface area contributed by atoms with Crippen LogP contribution in [0.2, 0.25) is 0 Å². The van der Waals surface area contributed by atoms with Crippen LogP contribution in [0.5, 0.6) is 0 Å². The molecule has 112 valence electrons. The van der Waals surface area contributed by atoms with Gasteiger partial charge in [-0.3, -0.25) is 9.52 Å². The van der Waals surface area contributed by atoms with Crippen LogP contribution in [0, 0.1) is 0 Å². The Labute approximate surface area is 121 Å². The Balaban J connectivity index is 2.31. The summed E-state index contributed by atoms with van der Waals surface area (Å²) in [7, 11) is -3.84. The summed E-state index contributed by atoms with van der Waals surface area (Å²) in [6.07, 6.45) is -0.232. The molecule has 3 N–H and O–H groups in total. The first-order chi connectivity index (χ1) is 9.92. The van der Waals surface area contributed by atoms with E-state index in [0.29, 0.717) is 12.0 Å². The molecule has 1 aromatic heterocycles. The molecule has 1 aromatic carbocycles. The third-order valence-electron chi connectivity index (χ3n) is 2.86. The molecular weight excluding hydrogens is 294 g/mol. The summed E-state index contributed by atoms with van der Waals surface area (Å²) in [5, 5.41) is 15.5. The summed E-state index contributed by atoms with van der Waals surface area (Å²) in [6, 6.07) is 8.47. The summed E-state index contributed by atoms with van der Waals surface area (Å²) >= 11 is 0. The molecule has 2 rings (SSSR count). The molecule has 0 saturated carbocycles. The van der Waals surface area contributed by atoms with Gasteiger partial charge in [-0.15, -0.1) is 0 Å². The molecule has 8 heteroatoms. The molecule has 1 heterocycles. The maximum absolute atomic E-state index is 12.2. The molecule has 21 heavy (non-hydrogen) atoms. The third kappa shape index (κ3) is 3.67. The lowest BCUT2D eigenvalue weighted by molar-refractivity contribution is 0.173. The number of H-pyrrole nitrogens is 1. The van der Waals surface area contributed by atoms with Crippen LogP contribution in [0.15, 0.2) is 46.1 Å². The number of aromatic nitrogens is 2. The lowest BCUT2D eigenvalue weighted by atomic mass is 10.1. The summed E-state index contributed by atoms with van der Waals surface area (Å²) in [5.74, 6) is 0.0102. The number of anilines is 1. The SMILES string of the molecule is CCC(O)c1cccc(S(=O)(=O)Nc2ccc(=O)[nH]n2)c1. The maximum Gasteiger partial charge on any atom is 0.264 e. The maximum atomic E-state index is 12.2. The smallest absolute Gasteiger partial charge is 0.264 e. The summed E-state index contributed by atoms with van der Waals surface area (Å²) < 4.78 is 26.7. The van der Waals surface area contributed by atoms with Gasteiger partial charge in [0.1, 0.15) is 0 Å². The van der Waals surface area contributed by atoms with Gasteiger partial charge in [-0.1, -0.05) is 19.1 Å². The number of hydrogen-bond acceptors (Lipinski definition) is 5. The quantitative estimate of drug-likeness (QED) is 0.763. The summed E-state index contributed by atoms with van der Waals surface area (Å²) in [6.45, 7) is 1.80. The third-order valence-corrected chi connectivity index (χ3v) is 4.21. The van der Waals surface area contributed by atoms with E-state index < -0.39 is 21.7 Å². The Bertz CT molecular complexity index is 766. The van der Waals surface area contributed by atoms with Crippen molar-refractivity contribution in [1.29, 1.82) is 0 Å². The standard InChI is InChI=1S/C13H15N3O4S/c1-2-11(17)9-4-3-5-10(8-9)21(19,20)16-12-6-7-13(18)15-14-12/h3-8,11,17H,2H2,1H3,(H,14,16)(H,15,18). The van der Waals surface area contributed by atoms with Crippen molar-refractivity contribution in [3.8, 4) is 0 Å². The lowest BCUT2D eigenvalue weighted by Crippen LogP contribution is -2.16. The number of rotatable bonds is 5. The van der Waals surface area contributed by atoms with Crippen LogP contribution in [-0.4, -0.2) is 23.7 Å². The first-order valence-electron chi connectivity index (χ1n) is 6.29. The lowest BCUT2D eigenvalue weighted by Gasteiger charge is -2.11. The van der Waals surface area contributed by atoms with Gasteiger partial charge in [-0.05, 0) is 30.2 Å². The highest BCUT2D eigenvalue weighted by Crippen LogP contribution is 2.21. The van der Waals surface area contributed by atoms with Gasteiger partial charge in [-0.2, -0.15) is 5.10 Å². The van der Waals surface area contributed by atoms with E-state index in [1.807, 2.05) is 0 Å². The second-order valence-corrected chi connectivity index (χ2v) is 6.09. The number of benzene rings is 1. The molecule has 2 aromatic rings. The largest absolute Gasteiger partial charge is 0.388 e. The van der Waals surface area contributed by atoms with Crippen LogP contribution in [0.1, 0.15) is 25.0 Å². The Hall–Kier alpha value is -2.19. The predicted octanol–water partition coefficient (Wildman–Crippen LogP) is 1.01. The van der Waals surface area contributed by atoms with Crippen LogP contribution < -0.4 is 10.3 Å². The van der Waals surface area contributed by atoms with E-state index in [4.69, 9.17) is 0 Å². The molecule has 0 saturated heterocycles. The molecular formula is C13H15N3O4S. The number of aliphatic hydroxyl groups excluding tert-OH is 1. The van der Waals surface area contributed by atoms with E-state index in [0.717, 1.165) is 0 Å². The minimum Gasteiger partial charge on any atom is -0.388 e. The van der Waals surface area contributed by atoms with Gasteiger partial charge in [0.05, 0.1) is 11.0 Å². The second kappa shape index (κ2) is 6.06. The van der Waals surface area contributed by atoms with E-state index in [2.05, 4.69) is 14.9 Å². The fourth-order valence-electron chi connectivity index (χ4n) is 1.72. The molecule has 1 unspecified atom stereocenters. The average Bonchev–Trinajstić information content (AvgIpc) is 2.49. The number of sulfonamides is 1. The van der Waals surface area contributed by atoms with Gasteiger partial charge in [0.15, 0.2) is 5.82 Å². The zero-order valence-electron chi connectivity index (χ0n) is 11.3. The molecule has 0 bridgehead atoms. The number of aromatic amines is 1. The Kier molecular flexibility index (Phi) is 4.39. The molecule has 0 amide bonds. The average molecular weight is 309 g/mol. The van der Waals surface area contributed by atoms with E-state index in [-0.39, 0.29) is 10.7 Å². The fourth-order valence-corrected chi connectivity index (χ4v) is 2.78. The number of hydrogen-bond donors (Lipinski definition) is 3. The van der Waals surface area contributed by atoms with E-state index in [1.54, 1.807) is 19.1 Å². The minimum absolute atomic E-state index is 0.0102. The highest BCUT2D eigenvalue weighted by Gasteiger charge is 2.16. The van der Waals surface area contributed by atoms with Crippen molar-refractivity contribution in [2.24, 2.45) is 0 Å². The van der Waals surface area contributed by atoms with Gasteiger partial charge < -0.3 is 5.11 Å². The topological polar surface area (TPSA) is 112 Å². The van der Waals surface area contributed by atoms with Gasteiger partial charge in [0.25, 0.3) is 15.6 Å². The Morgan fingerprint density at radius 1 is 1.33 bits per heavy atom. The highest BCUT2D eigenvalue weighted by atomic mass is 32.2. The Morgan fingerprint density at radius 2 is 2.10 bits per heavy atom.